The van der Waals surface area contributed by atoms with Crippen LogP contribution in [0.5, 0.6) is 0 Å². The molecule has 0 radical (unpaired) electrons. The highest BCUT2D eigenvalue weighted by Gasteiger charge is 2.09. The van der Waals surface area contributed by atoms with Crippen molar-refractivity contribution in [3.05, 3.63) is 84.7 Å². The lowest BCUT2D eigenvalue weighted by Crippen LogP contribution is -1.99. The summed E-state index contributed by atoms with van der Waals surface area (Å²) in [4.78, 5) is 13.8. The van der Waals surface area contributed by atoms with E-state index in [0.717, 1.165) is 17.0 Å². The minimum Gasteiger partial charge on any atom is -0.213 e. The number of benzene rings is 3. The second kappa shape index (κ2) is 8.00. The molecule has 0 aliphatic rings. The summed E-state index contributed by atoms with van der Waals surface area (Å²) >= 11 is 0. The van der Waals surface area contributed by atoms with Crippen LogP contribution in [0.4, 0.5) is 0 Å². The van der Waals surface area contributed by atoms with Gasteiger partial charge < -0.3 is 0 Å². The average Bonchev–Trinajstić information content (AvgIpc) is 2.74. The van der Waals surface area contributed by atoms with Crippen molar-refractivity contribution in [2.24, 2.45) is 0 Å². The van der Waals surface area contributed by atoms with Gasteiger partial charge in [-0.15, -0.1) is 0 Å². The molecule has 3 nitrogen and oxygen atoms in total. The highest BCUT2D eigenvalue weighted by molar-refractivity contribution is 7.64. The van der Waals surface area contributed by atoms with Gasteiger partial charge in [-0.25, -0.2) is 15.0 Å². The van der Waals surface area contributed by atoms with Crippen LogP contribution >= 0.6 is 7.92 Å². The van der Waals surface area contributed by atoms with E-state index in [1.165, 1.54) is 16.4 Å². The van der Waals surface area contributed by atoms with Crippen molar-refractivity contribution in [3.8, 4) is 33.9 Å². The van der Waals surface area contributed by atoms with E-state index in [1.54, 1.807) is 0 Å². The summed E-state index contributed by atoms with van der Waals surface area (Å²) in [5.74, 6) is 2.13. The van der Waals surface area contributed by atoms with Gasteiger partial charge in [-0.2, -0.15) is 0 Å². The molecule has 0 fully saturated rings. The molecule has 0 unspecified atom stereocenters. The van der Waals surface area contributed by atoms with Crippen LogP contribution in [-0.4, -0.2) is 28.3 Å². The molecule has 0 N–H and O–H groups in total. The molecular weight excluding hydrogens is 361 g/mol. The molecule has 0 atom stereocenters. The molecule has 4 rings (SSSR count). The zero-order chi connectivity index (χ0) is 19.5. The van der Waals surface area contributed by atoms with Gasteiger partial charge in [0.25, 0.3) is 0 Å². The van der Waals surface area contributed by atoms with Gasteiger partial charge in [0.05, 0.1) is 0 Å². The normalized spacial score (nSPS) is 11.0. The van der Waals surface area contributed by atoms with Crippen LogP contribution in [0.1, 0.15) is 5.82 Å². The van der Waals surface area contributed by atoms with Crippen LogP contribution in [0, 0.1) is 6.92 Å². The molecule has 0 aliphatic heterocycles. The lowest BCUT2D eigenvalue weighted by molar-refractivity contribution is 0.992. The summed E-state index contributed by atoms with van der Waals surface area (Å²) in [5, 5.41) is 1.41. The van der Waals surface area contributed by atoms with E-state index in [4.69, 9.17) is 4.98 Å². The minimum atomic E-state index is -0.0757. The maximum Gasteiger partial charge on any atom is 0.163 e. The number of nitrogens with zero attached hydrogens (tertiary/aromatic N) is 3. The summed E-state index contributed by atoms with van der Waals surface area (Å²) in [6.07, 6.45) is 0. The third kappa shape index (κ3) is 4.00. The van der Waals surface area contributed by atoms with Crippen LogP contribution in [0.3, 0.4) is 0 Å². The first-order valence-electron chi connectivity index (χ1n) is 9.26. The molecule has 0 saturated carbocycles. The third-order valence-corrected chi connectivity index (χ3v) is 5.95. The highest BCUT2D eigenvalue weighted by Crippen LogP contribution is 2.28. The Morgan fingerprint density at radius 1 is 0.571 bits per heavy atom. The highest BCUT2D eigenvalue weighted by atomic mass is 31.1. The van der Waals surface area contributed by atoms with Gasteiger partial charge in [0, 0.05) is 11.1 Å². The SMILES string of the molecule is Cc1nc(-c2ccccc2)nc(-c2cccc(-c3ccc(P(C)C)cc3)c2)n1. The Hall–Kier alpha value is -2.90. The number of aromatic nitrogens is 3. The van der Waals surface area contributed by atoms with E-state index < -0.39 is 0 Å². The van der Waals surface area contributed by atoms with Crippen LogP contribution in [0.25, 0.3) is 33.9 Å². The zero-order valence-electron chi connectivity index (χ0n) is 16.3. The molecule has 3 aromatic carbocycles. The Balaban J connectivity index is 1.73. The predicted octanol–water partition coefficient (Wildman–Crippen LogP) is 5.55. The Labute approximate surface area is 167 Å². The van der Waals surface area contributed by atoms with Gasteiger partial charge in [-0.1, -0.05) is 80.7 Å². The minimum absolute atomic E-state index is 0.0757. The van der Waals surface area contributed by atoms with Crippen molar-refractivity contribution >= 4 is 13.2 Å². The number of aryl methyl sites for hydroxylation is 1. The maximum absolute atomic E-state index is 4.73. The van der Waals surface area contributed by atoms with E-state index >= 15 is 0 Å². The fourth-order valence-corrected chi connectivity index (χ4v) is 3.86. The Kier molecular flexibility index (Phi) is 5.27. The average molecular weight is 383 g/mol. The lowest BCUT2D eigenvalue weighted by atomic mass is 10.0. The summed E-state index contributed by atoms with van der Waals surface area (Å²) < 4.78 is 0. The van der Waals surface area contributed by atoms with E-state index in [-0.39, 0.29) is 7.92 Å². The van der Waals surface area contributed by atoms with Gasteiger partial charge in [0.1, 0.15) is 5.82 Å². The summed E-state index contributed by atoms with van der Waals surface area (Å²) in [6.45, 7) is 6.46. The van der Waals surface area contributed by atoms with E-state index in [9.17, 15) is 0 Å². The summed E-state index contributed by atoms with van der Waals surface area (Å²) in [6, 6.07) is 27.3. The van der Waals surface area contributed by atoms with Crippen LogP contribution in [0.2, 0.25) is 0 Å². The molecule has 1 aromatic heterocycles. The Morgan fingerprint density at radius 2 is 1.18 bits per heavy atom. The van der Waals surface area contributed by atoms with Crippen molar-refractivity contribution in [1.82, 2.24) is 15.0 Å². The first-order chi connectivity index (χ1) is 13.6. The third-order valence-electron chi connectivity index (χ3n) is 4.62. The zero-order valence-corrected chi connectivity index (χ0v) is 17.2. The fourth-order valence-electron chi connectivity index (χ4n) is 3.12. The standard InChI is InChI=1S/C24H22N3P/c1-17-25-23(19-8-5-4-6-9-19)27-24(26-17)21-11-7-10-20(16-21)18-12-14-22(15-13-18)28(2)3/h4-16H,1-3H3. The number of rotatable bonds is 4. The van der Waals surface area contributed by atoms with Gasteiger partial charge in [-0.3, -0.25) is 0 Å². The quantitative estimate of drug-likeness (QED) is 0.434. The Morgan fingerprint density at radius 3 is 1.86 bits per heavy atom. The van der Waals surface area contributed by atoms with Crippen LogP contribution < -0.4 is 5.30 Å². The first kappa shape index (κ1) is 18.5. The monoisotopic (exact) mass is 383 g/mol. The smallest absolute Gasteiger partial charge is 0.163 e. The second-order valence-electron chi connectivity index (χ2n) is 6.92. The van der Waals surface area contributed by atoms with Crippen molar-refractivity contribution in [3.63, 3.8) is 0 Å². The summed E-state index contributed by atoms with van der Waals surface area (Å²) in [7, 11) is -0.0757. The van der Waals surface area contributed by atoms with Gasteiger partial charge >= 0.3 is 0 Å². The molecule has 0 spiro atoms. The molecule has 0 saturated heterocycles. The van der Waals surface area contributed by atoms with Gasteiger partial charge in [0.15, 0.2) is 11.6 Å². The van der Waals surface area contributed by atoms with E-state index in [2.05, 4.69) is 71.8 Å². The van der Waals surface area contributed by atoms with Crippen molar-refractivity contribution in [2.45, 2.75) is 6.92 Å². The molecule has 138 valence electrons. The molecule has 0 bridgehead atoms. The molecule has 4 aromatic rings. The maximum atomic E-state index is 4.73. The molecular formula is C24H22N3P. The lowest BCUT2D eigenvalue weighted by Gasteiger charge is -2.09. The predicted molar refractivity (Wildman–Crippen MR) is 119 cm³/mol. The molecule has 28 heavy (non-hydrogen) atoms. The van der Waals surface area contributed by atoms with Crippen LogP contribution in [0.15, 0.2) is 78.9 Å². The topological polar surface area (TPSA) is 38.7 Å². The molecule has 1 heterocycles. The van der Waals surface area contributed by atoms with Crippen molar-refractivity contribution in [2.75, 3.05) is 13.3 Å². The van der Waals surface area contributed by atoms with Crippen molar-refractivity contribution in [1.29, 1.82) is 0 Å². The van der Waals surface area contributed by atoms with Crippen molar-refractivity contribution < 1.29 is 0 Å². The van der Waals surface area contributed by atoms with Gasteiger partial charge in [0.2, 0.25) is 0 Å². The fraction of sp³-hybridized carbons (Fsp3) is 0.125. The molecule has 0 amide bonds. The van der Waals surface area contributed by atoms with Crippen LogP contribution in [-0.2, 0) is 0 Å². The summed E-state index contributed by atoms with van der Waals surface area (Å²) in [5.41, 5.74) is 4.37. The van der Waals surface area contributed by atoms with E-state index in [0.29, 0.717) is 11.6 Å². The number of hydrogen-bond donors (Lipinski definition) is 0. The largest absolute Gasteiger partial charge is 0.213 e. The second-order valence-corrected chi connectivity index (χ2v) is 9.22. The first-order valence-corrected chi connectivity index (χ1v) is 11.5. The van der Waals surface area contributed by atoms with Gasteiger partial charge in [-0.05, 0) is 42.8 Å². The Bertz CT molecular complexity index is 1090. The number of hydrogen-bond acceptors (Lipinski definition) is 3. The molecule has 0 aliphatic carbocycles. The molecule has 4 heteroatoms. The van der Waals surface area contributed by atoms with E-state index in [1.807, 2.05) is 37.3 Å².